The summed E-state index contributed by atoms with van der Waals surface area (Å²) in [6.07, 6.45) is 1.58. The molecule has 8 nitrogen and oxygen atoms in total. The molecule has 0 radical (unpaired) electrons. The second-order valence-corrected chi connectivity index (χ2v) is 11.8. The second kappa shape index (κ2) is 15.2. The molecule has 0 atom stereocenters. The van der Waals surface area contributed by atoms with Gasteiger partial charge in [0.15, 0.2) is 5.13 Å². The molecular weight excluding hydrogens is 628 g/mol. The molecular formula is C34H27ClN4O4S2. The van der Waals surface area contributed by atoms with Crippen molar-refractivity contribution in [2.45, 2.75) is 4.90 Å². The van der Waals surface area contributed by atoms with E-state index in [1.807, 2.05) is 47.8 Å². The Bertz CT molecular complexity index is 1830. The van der Waals surface area contributed by atoms with Crippen molar-refractivity contribution in [3.63, 3.8) is 0 Å². The van der Waals surface area contributed by atoms with E-state index in [9.17, 15) is 14.4 Å². The number of aromatic nitrogens is 1. The number of hydrogen-bond acceptors (Lipinski definition) is 7. The first-order valence-electron chi connectivity index (χ1n) is 13.6. The molecule has 0 aliphatic carbocycles. The van der Waals surface area contributed by atoms with Crippen molar-refractivity contribution < 1.29 is 19.1 Å². The van der Waals surface area contributed by atoms with Crippen LogP contribution in [0, 0.1) is 0 Å². The summed E-state index contributed by atoms with van der Waals surface area (Å²) in [5.41, 5.74) is 3.28. The Morgan fingerprint density at radius 1 is 0.889 bits per heavy atom. The first-order chi connectivity index (χ1) is 21.9. The van der Waals surface area contributed by atoms with E-state index in [1.54, 1.807) is 73.8 Å². The molecule has 4 aromatic carbocycles. The lowest BCUT2D eigenvalue weighted by molar-refractivity contribution is -0.114. The van der Waals surface area contributed by atoms with Crippen LogP contribution < -0.4 is 20.7 Å². The van der Waals surface area contributed by atoms with Gasteiger partial charge in [0, 0.05) is 32.1 Å². The summed E-state index contributed by atoms with van der Waals surface area (Å²) < 4.78 is 5.41. The van der Waals surface area contributed by atoms with Crippen molar-refractivity contribution in [3.8, 4) is 17.0 Å². The third-order valence-electron chi connectivity index (χ3n) is 6.33. The molecule has 0 bridgehead atoms. The van der Waals surface area contributed by atoms with Gasteiger partial charge in [0.05, 0.1) is 18.6 Å². The van der Waals surface area contributed by atoms with Crippen molar-refractivity contribution in [2.75, 3.05) is 23.5 Å². The minimum absolute atomic E-state index is 0.0670. The van der Waals surface area contributed by atoms with Gasteiger partial charge in [0.1, 0.15) is 11.4 Å². The summed E-state index contributed by atoms with van der Waals surface area (Å²) in [7, 11) is 1.61. The number of anilines is 2. The van der Waals surface area contributed by atoms with E-state index in [-0.39, 0.29) is 17.4 Å². The van der Waals surface area contributed by atoms with Crippen molar-refractivity contribution in [1.29, 1.82) is 0 Å². The number of nitrogens with one attached hydrogen (secondary N) is 3. The zero-order valence-corrected chi connectivity index (χ0v) is 26.3. The highest BCUT2D eigenvalue weighted by atomic mass is 35.5. The molecule has 0 fully saturated rings. The largest absolute Gasteiger partial charge is 0.496 e. The van der Waals surface area contributed by atoms with E-state index < -0.39 is 11.8 Å². The van der Waals surface area contributed by atoms with Gasteiger partial charge in [-0.1, -0.05) is 54.1 Å². The summed E-state index contributed by atoms with van der Waals surface area (Å²) in [5, 5.41) is 11.3. The first kappa shape index (κ1) is 31.5. The van der Waals surface area contributed by atoms with Crippen molar-refractivity contribution >= 4 is 69.3 Å². The van der Waals surface area contributed by atoms with Gasteiger partial charge >= 0.3 is 0 Å². The van der Waals surface area contributed by atoms with Crippen LogP contribution in [0.25, 0.3) is 17.3 Å². The number of benzene rings is 4. The van der Waals surface area contributed by atoms with Gasteiger partial charge in [-0.2, -0.15) is 0 Å². The predicted molar refractivity (Wildman–Crippen MR) is 182 cm³/mol. The molecule has 3 N–H and O–H groups in total. The van der Waals surface area contributed by atoms with Crippen molar-refractivity contribution in [1.82, 2.24) is 10.3 Å². The van der Waals surface area contributed by atoms with Crippen LogP contribution in [0.1, 0.15) is 15.9 Å². The van der Waals surface area contributed by atoms with Crippen LogP contribution in [0.15, 0.2) is 119 Å². The fraction of sp³-hybridized carbons (Fsp3) is 0.0588. The van der Waals surface area contributed by atoms with Gasteiger partial charge in [-0.3, -0.25) is 14.4 Å². The van der Waals surface area contributed by atoms with Crippen LogP contribution in [-0.2, 0) is 9.59 Å². The smallest absolute Gasteiger partial charge is 0.272 e. The van der Waals surface area contributed by atoms with Gasteiger partial charge in [0.2, 0.25) is 5.91 Å². The maximum Gasteiger partial charge on any atom is 0.272 e. The number of ether oxygens (including phenoxy) is 1. The number of carbonyl (C=O) groups excluding carboxylic acids is 3. The summed E-state index contributed by atoms with van der Waals surface area (Å²) >= 11 is 8.70. The second-order valence-electron chi connectivity index (χ2n) is 9.48. The molecule has 0 unspecified atom stereocenters. The maximum absolute atomic E-state index is 13.3. The Balaban J connectivity index is 1.18. The zero-order valence-electron chi connectivity index (χ0n) is 24.0. The molecule has 0 aliphatic heterocycles. The number of amides is 3. The Hall–Kier alpha value is -4.90. The van der Waals surface area contributed by atoms with Crippen LogP contribution >= 0.6 is 34.7 Å². The monoisotopic (exact) mass is 654 g/mol. The number of hydrogen-bond donors (Lipinski definition) is 3. The quantitative estimate of drug-likeness (QED) is 0.0999. The number of para-hydroxylation sites is 1. The maximum atomic E-state index is 13.3. The third kappa shape index (κ3) is 8.82. The lowest BCUT2D eigenvalue weighted by Crippen LogP contribution is -2.30. The minimum atomic E-state index is -0.495. The lowest BCUT2D eigenvalue weighted by atomic mass is 10.1. The van der Waals surface area contributed by atoms with E-state index in [0.717, 1.165) is 16.2 Å². The van der Waals surface area contributed by atoms with Gasteiger partial charge in [-0.05, 0) is 72.3 Å². The molecule has 0 spiro atoms. The number of thiazole rings is 1. The summed E-state index contributed by atoms with van der Waals surface area (Å²) in [6, 6.07) is 30.2. The van der Waals surface area contributed by atoms with Crippen LogP contribution in [0.2, 0.25) is 5.02 Å². The Kier molecular flexibility index (Phi) is 10.7. The number of carbonyl (C=O) groups is 3. The highest BCUT2D eigenvalue weighted by Gasteiger charge is 2.16. The molecule has 1 aromatic heterocycles. The van der Waals surface area contributed by atoms with Gasteiger partial charge in [-0.25, -0.2) is 4.98 Å². The fourth-order valence-corrected chi connectivity index (χ4v) is 5.67. The molecule has 1 heterocycles. The van der Waals surface area contributed by atoms with E-state index >= 15 is 0 Å². The molecule has 226 valence electrons. The average Bonchev–Trinajstić information content (AvgIpc) is 3.53. The number of nitrogens with zero attached hydrogens (tertiary/aromatic N) is 1. The number of rotatable bonds is 11. The number of methoxy groups -OCH3 is 1. The van der Waals surface area contributed by atoms with E-state index in [4.69, 9.17) is 16.3 Å². The topological polar surface area (TPSA) is 109 Å². The predicted octanol–water partition coefficient (Wildman–Crippen LogP) is 7.61. The molecule has 0 saturated carbocycles. The minimum Gasteiger partial charge on any atom is -0.496 e. The third-order valence-corrected chi connectivity index (χ3v) is 8.35. The summed E-state index contributed by atoms with van der Waals surface area (Å²) in [4.78, 5) is 44.1. The molecule has 3 amide bonds. The van der Waals surface area contributed by atoms with E-state index in [0.29, 0.717) is 32.7 Å². The molecule has 5 aromatic rings. The average molecular weight is 655 g/mol. The Labute approximate surface area is 273 Å². The molecule has 45 heavy (non-hydrogen) atoms. The summed E-state index contributed by atoms with van der Waals surface area (Å²) in [5.74, 6) is -0.213. The molecule has 0 saturated heterocycles. The van der Waals surface area contributed by atoms with Crippen molar-refractivity contribution in [2.24, 2.45) is 0 Å². The Morgan fingerprint density at radius 2 is 1.60 bits per heavy atom. The normalized spacial score (nSPS) is 11.0. The van der Waals surface area contributed by atoms with Crippen LogP contribution in [0.5, 0.6) is 5.75 Å². The fourth-order valence-electron chi connectivity index (χ4n) is 4.12. The number of thioether (sulfide) groups is 1. The van der Waals surface area contributed by atoms with Crippen LogP contribution in [-0.4, -0.2) is 35.6 Å². The molecule has 0 aliphatic rings. The highest BCUT2D eigenvalue weighted by molar-refractivity contribution is 8.00. The standard InChI is InChI=1S/C34H27ClN4O4S2/c1-43-30-10-6-5-9-27(30)29-20-45-34(38-29)39-31(40)21-44-26-17-15-25(16-18-26)36-33(42)28(19-22-11-13-24(35)14-12-22)37-32(41)23-7-3-2-4-8-23/h2-20H,21H2,1H3,(H,36,42)(H,37,41)(H,38,39,40)/b28-19-. The van der Waals surface area contributed by atoms with E-state index in [1.165, 1.54) is 23.1 Å². The van der Waals surface area contributed by atoms with E-state index in [2.05, 4.69) is 20.9 Å². The highest BCUT2D eigenvalue weighted by Crippen LogP contribution is 2.32. The summed E-state index contributed by atoms with van der Waals surface area (Å²) in [6.45, 7) is 0. The van der Waals surface area contributed by atoms with Gasteiger partial charge < -0.3 is 20.7 Å². The van der Waals surface area contributed by atoms with Crippen LogP contribution in [0.4, 0.5) is 10.8 Å². The SMILES string of the molecule is COc1ccccc1-c1csc(NC(=O)CSc2ccc(NC(=O)/C(=C/c3ccc(Cl)cc3)NC(=O)c3ccccc3)cc2)n1. The molecule has 5 rings (SSSR count). The number of halogens is 1. The molecule has 11 heteroatoms. The van der Waals surface area contributed by atoms with Gasteiger partial charge in [-0.15, -0.1) is 23.1 Å². The Morgan fingerprint density at radius 3 is 2.33 bits per heavy atom. The van der Waals surface area contributed by atoms with Crippen molar-refractivity contribution in [3.05, 3.63) is 130 Å². The van der Waals surface area contributed by atoms with Crippen LogP contribution in [0.3, 0.4) is 0 Å². The zero-order chi connectivity index (χ0) is 31.6. The lowest BCUT2D eigenvalue weighted by Gasteiger charge is -2.12. The first-order valence-corrected chi connectivity index (χ1v) is 15.9. The van der Waals surface area contributed by atoms with Gasteiger partial charge in [0.25, 0.3) is 11.8 Å².